The van der Waals surface area contributed by atoms with Crippen molar-refractivity contribution in [2.45, 2.75) is 0 Å². The third-order valence-corrected chi connectivity index (χ3v) is 3.79. The summed E-state index contributed by atoms with van der Waals surface area (Å²) in [6.45, 7) is 1.03. The number of aromatic nitrogens is 3. The molecule has 0 saturated heterocycles. The lowest BCUT2D eigenvalue weighted by atomic mass is 10.2. The Morgan fingerprint density at radius 1 is 1.07 bits per heavy atom. The molecule has 0 aliphatic carbocycles. The summed E-state index contributed by atoms with van der Waals surface area (Å²) in [5.41, 5.74) is 0.933. The Morgan fingerprint density at radius 3 is 2.52 bits per heavy atom. The first-order valence-electron chi connectivity index (χ1n) is 8.55. The second-order valence-corrected chi connectivity index (χ2v) is 5.69. The molecule has 2 heterocycles. The largest absolute Gasteiger partial charge is 0.497 e. The van der Waals surface area contributed by atoms with Crippen molar-refractivity contribution in [2.24, 2.45) is 0 Å². The van der Waals surface area contributed by atoms with Gasteiger partial charge in [-0.15, -0.1) is 10.2 Å². The lowest BCUT2D eigenvalue weighted by Gasteiger charge is -2.06. The van der Waals surface area contributed by atoms with Gasteiger partial charge in [-0.25, -0.2) is 0 Å². The highest BCUT2D eigenvalue weighted by Gasteiger charge is 2.00. The molecule has 1 aromatic carbocycles. The van der Waals surface area contributed by atoms with E-state index in [1.54, 1.807) is 13.2 Å². The number of nitrogens with one attached hydrogen (secondary N) is 2. The van der Waals surface area contributed by atoms with Crippen LogP contribution in [-0.2, 0) is 4.79 Å². The number of rotatable bonds is 8. The maximum atomic E-state index is 11.8. The minimum Gasteiger partial charge on any atom is -0.497 e. The molecule has 0 spiro atoms. The Labute approximate surface area is 157 Å². The van der Waals surface area contributed by atoms with Crippen LogP contribution in [0.2, 0.25) is 0 Å². The third-order valence-electron chi connectivity index (χ3n) is 3.79. The van der Waals surface area contributed by atoms with Gasteiger partial charge in [0.2, 0.25) is 5.91 Å². The molecule has 3 aromatic rings. The summed E-state index contributed by atoms with van der Waals surface area (Å²) >= 11 is 0. The van der Waals surface area contributed by atoms with Gasteiger partial charge in [-0.1, -0.05) is 12.1 Å². The van der Waals surface area contributed by atoms with Crippen LogP contribution in [0.3, 0.4) is 0 Å². The molecule has 7 heteroatoms. The second-order valence-electron chi connectivity index (χ2n) is 5.69. The zero-order chi connectivity index (χ0) is 18.9. The number of hydrogen-bond donors (Lipinski definition) is 2. The Balaban J connectivity index is 1.39. The minimum absolute atomic E-state index is 0.151. The highest BCUT2D eigenvalue weighted by atomic mass is 16.5. The number of carbonyl (C=O) groups excluding carboxylic acids is 1. The minimum atomic E-state index is -0.151. The van der Waals surface area contributed by atoms with Crippen LogP contribution in [0, 0.1) is 0 Å². The van der Waals surface area contributed by atoms with E-state index in [4.69, 9.17) is 4.74 Å². The van der Waals surface area contributed by atoms with Crippen LogP contribution in [0.5, 0.6) is 5.75 Å². The van der Waals surface area contributed by atoms with E-state index in [2.05, 4.69) is 20.8 Å². The Morgan fingerprint density at radius 2 is 1.85 bits per heavy atom. The number of amides is 1. The number of anilines is 1. The van der Waals surface area contributed by atoms with Gasteiger partial charge in [-0.2, -0.15) is 0 Å². The molecule has 7 nitrogen and oxygen atoms in total. The van der Waals surface area contributed by atoms with Crippen molar-refractivity contribution < 1.29 is 9.53 Å². The molecule has 0 bridgehead atoms. The summed E-state index contributed by atoms with van der Waals surface area (Å²) < 4.78 is 6.98. The zero-order valence-corrected chi connectivity index (χ0v) is 15.0. The van der Waals surface area contributed by atoms with Gasteiger partial charge in [0.05, 0.1) is 7.11 Å². The lowest BCUT2D eigenvalue weighted by Crippen LogP contribution is -2.27. The van der Waals surface area contributed by atoms with Crippen molar-refractivity contribution in [2.75, 3.05) is 25.5 Å². The number of nitrogens with zero attached hydrogens (tertiary/aromatic N) is 3. The summed E-state index contributed by atoms with van der Waals surface area (Å²) in [6.07, 6.45) is 7.08. The van der Waals surface area contributed by atoms with Crippen LogP contribution in [0.4, 0.5) is 5.82 Å². The van der Waals surface area contributed by atoms with E-state index >= 15 is 0 Å². The van der Waals surface area contributed by atoms with Gasteiger partial charge in [0.1, 0.15) is 11.6 Å². The summed E-state index contributed by atoms with van der Waals surface area (Å²) in [4.78, 5) is 11.8. The monoisotopic (exact) mass is 363 g/mol. The smallest absolute Gasteiger partial charge is 0.244 e. The molecular formula is C20H21N5O2. The maximum Gasteiger partial charge on any atom is 0.244 e. The molecule has 138 valence electrons. The van der Waals surface area contributed by atoms with Crippen molar-refractivity contribution in [3.8, 4) is 11.6 Å². The van der Waals surface area contributed by atoms with Gasteiger partial charge in [0, 0.05) is 31.6 Å². The summed E-state index contributed by atoms with van der Waals surface area (Å²) in [6, 6.07) is 15.1. The topological polar surface area (TPSA) is 81.1 Å². The molecule has 2 aromatic heterocycles. The van der Waals surface area contributed by atoms with Gasteiger partial charge in [0.15, 0.2) is 5.82 Å². The molecule has 2 N–H and O–H groups in total. The van der Waals surface area contributed by atoms with Gasteiger partial charge in [0.25, 0.3) is 0 Å². The summed E-state index contributed by atoms with van der Waals surface area (Å²) in [5.74, 6) is 2.05. The molecule has 0 radical (unpaired) electrons. The fourth-order valence-corrected chi connectivity index (χ4v) is 2.37. The van der Waals surface area contributed by atoms with Crippen LogP contribution in [0.15, 0.2) is 67.0 Å². The SMILES string of the molecule is COc1ccc(/C=C/C(=O)NCCNc2ccc(-n3cccc3)nn2)cc1. The van der Waals surface area contributed by atoms with E-state index in [1.165, 1.54) is 6.08 Å². The predicted octanol–water partition coefficient (Wildman–Crippen LogP) is 2.52. The van der Waals surface area contributed by atoms with Crippen molar-refractivity contribution in [3.05, 3.63) is 72.6 Å². The number of methoxy groups -OCH3 is 1. The molecular weight excluding hydrogens is 342 g/mol. The lowest BCUT2D eigenvalue weighted by molar-refractivity contribution is -0.116. The van der Waals surface area contributed by atoms with Crippen molar-refractivity contribution in [1.82, 2.24) is 20.1 Å². The van der Waals surface area contributed by atoms with Crippen LogP contribution >= 0.6 is 0 Å². The van der Waals surface area contributed by atoms with E-state index < -0.39 is 0 Å². The molecule has 0 atom stereocenters. The Bertz CT molecular complexity index is 872. The molecule has 0 fully saturated rings. The first kappa shape index (κ1) is 18.2. The quantitative estimate of drug-likeness (QED) is 0.475. The van der Waals surface area contributed by atoms with Crippen molar-refractivity contribution >= 4 is 17.8 Å². The molecule has 3 rings (SSSR count). The first-order chi connectivity index (χ1) is 13.2. The standard InChI is InChI=1S/C20H21N5O2/c1-27-17-7-4-16(5-8-17)6-11-20(26)22-13-12-21-18-9-10-19(24-23-18)25-14-2-3-15-25/h2-11,14-15H,12-13H2,1H3,(H,21,23)(H,22,26)/b11-6+. The second kappa shape index (κ2) is 9.19. The Hall–Kier alpha value is -3.61. The van der Waals surface area contributed by atoms with Gasteiger partial charge < -0.3 is 19.9 Å². The third kappa shape index (κ3) is 5.43. The predicted molar refractivity (Wildman–Crippen MR) is 105 cm³/mol. The molecule has 0 aliphatic heterocycles. The maximum absolute atomic E-state index is 11.8. The van der Waals surface area contributed by atoms with E-state index in [0.717, 1.165) is 17.1 Å². The summed E-state index contributed by atoms with van der Waals surface area (Å²) in [5, 5.41) is 14.2. The fraction of sp³-hybridized carbons (Fsp3) is 0.150. The average molecular weight is 363 g/mol. The molecule has 0 unspecified atom stereocenters. The van der Waals surface area contributed by atoms with Gasteiger partial charge >= 0.3 is 0 Å². The first-order valence-corrected chi connectivity index (χ1v) is 8.55. The van der Waals surface area contributed by atoms with Gasteiger partial charge in [-0.3, -0.25) is 4.79 Å². The molecule has 27 heavy (non-hydrogen) atoms. The highest BCUT2D eigenvalue weighted by Crippen LogP contribution is 2.12. The van der Waals surface area contributed by atoms with E-state index in [9.17, 15) is 4.79 Å². The van der Waals surface area contributed by atoms with Crippen LogP contribution in [0.1, 0.15) is 5.56 Å². The number of hydrogen-bond acceptors (Lipinski definition) is 5. The molecule has 1 amide bonds. The van der Waals surface area contributed by atoms with Crippen molar-refractivity contribution in [1.29, 1.82) is 0 Å². The highest BCUT2D eigenvalue weighted by molar-refractivity contribution is 5.91. The number of benzene rings is 1. The molecule has 0 aliphatic rings. The van der Waals surface area contributed by atoms with E-state index in [-0.39, 0.29) is 5.91 Å². The Kier molecular flexibility index (Phi) is 6.19. The van der Waals surface area contributed by atoms with Crippen LogP contribution in [0.25, 0.3) is 11.9 Å². The van der Waals surface area contributed by atoms with E-state index in [1.807, 2.05) is 65.5 Å². The number of ether oxygens (including phenoxy) is 1. The zero-order valence-electron chi connectivity index (χ0n) is 15.0. The average Bonchev–Trinajstić information content (AvgIpc) is 3.25. The van der Waals surface area contributed by atoms with Crippen molar-refractivity contribution in [3.63, 3.8) is 0 Å². The molecule has 0 saturated carbocycles. The van der Waals surface area contributed by atoms with Crippen LogP contribution < -0.4 is 15.4 Å². The van der Waals surface area contributed by atoms with Crippen LogP contribution in [-0.4, -0.2) is 40.9 Å². The van der Waals surface area contributed by atoms with Gasteiger partial charge in [-0.05, 0) is 48.0 Å². The normalized spacial score (nSPS) is 10.7. The number of carbonyl (C=O) groups is 1. The fourth-order valence-electron chi connectivity index (χ4n) is 2.37. The summed E-state index contributed by atoms with van der Waals surface area (Å²) in [7, 11) is 1.62. The van der Waals surface area contributed by atoms with E-state index in [0.29, 0.717) is 18.9 Å².